The van der Waals surface area contributed by atoms with Crippen LogP contribution < -0.4 is 5.32 Å². The fourth-order valence-electron chi connectivity index (χ4n) is 1.66. The molecule has 5 heteroatoms. The maximum atomic E-state index is 12.8. The molecule has 0 aliphatic carbocycles. The first-order valence-electron chi connectivity index (χ1n) is 5.89. The van der Waals surface area contributed by atoms with E-state index in [1.54, 1.807) is 18.2 Å². The van der Waals surface area contributed by atoms with Crippen molar-refractivity contribution in [1.82, 2.24) is 5.32 Å². The highest BCUT2D eigenvalue weighted by Crippen LogP contribution is 2.26. The normalized spacial score (nSPS) is 13.7. The Balaban J connectivity index is 2.82. The summed E-state index contributed by atoms with van der Waals surface area (Å²) < 4.78 is 38.5. The van der Waals surface area contributed by atoms with E-state index in [1.807, 2.05) is 13.8 Å². The molecule has 0 spiro atoms. The molecule has 18 heavy (non-hydrogen) atoms. The minimum Gasteiger partial charge on any atom is -0.306 e. The first-order valence-corrected chi connectivity index (χ1v) is 6.27. The second-order valence-corrected chi connectivity index (χ2v) is 4.75. The van der Waals surface area contributed by atoms with E-state index in [0.29, 0.717) is 23.6 Å². The predicted molar refractivity (Wildman–Crippen MR) is 68.0 cm³/mol. The summed E-state index contributed by atoms with van der Waals surface area (Å²) in [5.74, 6) is 0. The fraction of sp³-hybridized carbons (Fsp3) is 0.538. The average Bonchev–Trinajstić information content (AvgIpc) is 2.25. The first kappa shape index (κ1) is 15.3. The lowest BCUT2D eigenvalue weighted by Crippen LogP contribution is -2.44. The van der Waals surface area contributed by atoms with E-state index in [0.717, 1.165) is 5.56 Å². The van der Waals surface area contributed by atoms with Gasteiger partial charge in [-0.05, 0) is 43.5 Å². The Hall–Kier alpha value is -0.740. The number of alkyl halides is 3. The number of benzene rings is 1. The molecule has 0 amide bonds. The Bertz CT molecular complexity index is 390. The number of halogens is 4. The van der Waals surface area contributed by atoms with Crippen molar-refractivity contribution in [2.24, 2.45) is 0 Å². The Morgan fingerprint density at radius 1 is 1.33 bits per heavy atom. The van der Waals surface area contributed by atoms with Gasteiger partial charge >= 0.3 is 6.18 Å². The van der Waals surface area contributed by atoms with Crippen LogP contribution in [0.4, 0.5) is 13.2 Å². The van der Waals surface area contributed by atoms with Crippen molar-refractivity contribution in [2.75, 3.05) is 6.54 Å². The lowest BCUT2D eigenvalue weighted by atomic mass is 10.0. The summed E-state index contributed by atoms with van der Waals surface area (Å²) in [5.41, 5.74) is 1.46. The quantitative estimate of drug-likeness (QED) is 0.855. The van der Waals surface area contributed by atoms with Crippen LogP contribution in [0.5, 0.6) is 0 Å². The smallest absolute Gasteiger partial charge is 0.306 e. The van der Waals surface area contributed by atoms with Gasteiger partial charge in [0.2, 0.25) is 0 Å². The van der Waals surface area contributed by atoms with Crippen LogP contribution >= 0.6 is 11.6 Å². The molecule has 0 saturated heterocycles. The van der Waals surface area contributed by atoms with E-state index in [1.165, 1.54) is 0 Å². The van der Waals surface area contributed by atoms with Crippen LogP contribution in [0.1, 0.15) is 24.5 Å². The van der Waals surface area contributed by atoms with Crippen molar-refractivity contribution < 1.29 is 13.2 Å². The standard InChI is InChI=1S/C13H17ClF3N/c1-3-6-18-12(13(15,16)17)8-10-5-4-9(2)7-11(10)14/h4-5,7,12,18H,3,6,8H2,1-2H3. The average molecular weight is 280 g/mol. The van der Waals surface area contributed by atoms with Crippen molar-refractivity contribution >= 4 is 11.6 Å². The first-order chi connectivity index (χ1) is 8.34. The number of nitrogens with one attached hydrogen (secondary N) is 1. The summed E-state index contributed by atoms with van der Waals surface area (Å²) in [6.45, 7) is 4.03. The van der Waals surface area contributed by atoms with Gasteiger partial charge in [0.15, 0.2) is 0 Å². The minimum atomic E-state index is -4.26. The van der Waals surface area contributed by atoms with E-state index in [9.17, 15) is 13.2 Å². The second-order valence-electron chi connectivity index (χ2n) is 4.35. The van der Waals surface area contributed by atoms with Crippen molar-refractivity contribution in [3.63, 3.8) is 0 Å². The van der Waals surface area contributed by atoms with E-state index in [4.69, 9.17) is 11.6 Å². The molecule has 0 aliphatic rings. The SMILES string of the molecule is CCCNC(Cc1ccc(C)cc1Cl)C(F)(F)F. The Morgan fingerprint density at radius 2 is 2.00 bits per heavy atom. The molecule has 0 aromatic heterocycles. The highest BCUT2D eigenvalue weighted by Gasteiger charge is 2.39. The second kappa shape index (κ2) is 6.43. The molecule has 0 heterocycles. The Kier molecular flexibility index (Phi) is 5.47. The maximum Gasteiger partial charge on any atom is 0.404 e. The third-order valence-electron chi connectivity index (χ3n) is 2.67. The molecule has 102 valence electrons. The largest absolute Gasteiger partial charge is 0.404 e. The molecular formula is C13H17ClF3N. The number of hydrogen-bond acceptors (Lipinski definition) is 1. The van der Waals surface area contributed by atoms with Gasteiger partial charge in [-0.2, -0.15) is 13.2 Å². The molecule has 0 fully saturated rings. The summed E-state index contributed by atoms with van der Waals surface area (Å²) in [7, 11) is 0. The number of aryl methyl sites for hydroxylation is 1. The van der Waals surface area contributed by atoms with Crippen LogP contribution in [0.3, 0.4) is 0 Å². The monoisotopic (exact) mass is 279 g/mol. The van der Waals surface area contributed by atoms with E-state index >= 15 is 0 Å². The number of hydrogen-bond donors (Lipinski definition) is 1. The molecule has 1 aromatic carbocycles. The molecule has 1 aromatic rings. The minimum absolute atomic E-state index is 0.136. The zero-order valence-corrected chi connectivity index (χ0v) is 11.2. The molecule has 0 aliphatic heterocycles. The van der Waals surface area contributed by atoms with Gasteiger partial charge < -0.3 is 5.32 Å². The van der Waals surface area contributed by atoms with Gasteiger partial charge in [-0.1, -0.05) is 30.7 Å². The molecule has 0 bridgehead atoms. The van der Waals surface area contributed by atoms with Gasteiger partial charge in [0.25, 0.3) is 0 Å². The molecule has 1 unspecified atom stereocenters. The van der Waals surface area contributed by atoms with Gasteiger partial charge in [-0.3, -0.25) is 0 Å². The van der Waals surface area contributed by atoms with Gasteiger partial charge in [0.1, 0.15) is 6.04 Å². The van der Waals surface area contributed by atoms with Crippen molar-refractivity contribution in [3.8, 4) is 0 Å². The molecular weight excluding hydrogens is 263 g/mol. The van der Waals surface area contributed by atoms with Gasteiger partial charge in [0, 0.05) is 5.02 Å². The maximum absolute atomic E-state index is 12.8. The third kappa shape index (κ3) is 4.50. The molecule has 1 nitrogen and oxygen atoms in total. The van der Waals surface area contributed by atoms with Crippen LogP contribution in [-0.2, 0) is 6.42 Å². The molecule has 1 N–H and O–H groups in total. The topological polar surface area (TPSA) is 12.0 Å². The molecule has 0 saturated carbocycles. The van der Waals surface area contributed by atoms with Crippen LogP contribution in [0, 0.1) is 6.92 Å². The van der Waals surface area contributed by atoms with E-state index in [-0.39, 0.29) is 6.42 Å². The van der Waals surface area contributed by atoms with Crippen LogP contribution in [-0.4, -0.2) is 18.8 Å². The predicted octanol–water partition coefficient (Wildman–Crippen LogP) is 4.12. The molecule has 0 radical (unpaired) electrons. The van der Waals surface area contributed by atoms with Gasteiger partial charge in [0.05, 0.1) is 0 Å². The van der Waals surface area contributed by atoms with Gasteiger partial charge in [-0.25, -0.2) is 0 Å². The number of rotatable bonds is 5. The lowest BCUT2D eigenvalue weighted by molar-refractivity contribution is -0.155. The van der Waals surface area contributed by atoms with Crippen molar-refractivity contribution in [1.29, 1.82) is 0 Å². The highest BCUT2D eigenvalue weighted by molar-refractivity contribution is 6.31. The third-order valence-corrected chi connectivity index (χ3v) is 3.02. The van der Waals surface area contributed by atoms with Crippen LogP contribution in [0.25, 0.3) is 0 Å². The molecule has 1 rings (SSSR count). The summed E-state index contributed by atoms with van der Waals surface area (Å²) in [5, 5.41) is 2.91. The van der Waals surface area contributed by atoms with Crippen LogP contribution in [0.15, 0.2) is 18.2 Å². The summed E-state index contributed by atoms with van der Waals surface area (Å²) in [6.07, 6.45) is -3.74. The Labute approximate surface area is 110 Å². The summed E-state index contributed by atoms with van der Waals surface area (Å²) >= 11 is 5.96. The van der Waals surface area contributed by atoms with Crippen molar-refractivity contribution in [3.05, 3.63) is 34.3 Å². The summed E-state index contributed by atoms with van der Waals surface area (Å²) in [6, 6.07) is 3.57. The zero-order chi connectivity index (χ0) is 13.8. The Morgan fingerprint density at radius 3 is 2.50 bits per heavy atom. The summed E-state index contributed by atoms with van der Waals surface area (Å²) in [4.78, 5) is 0. The highest BCUT2D eigenvalue weighted by atomic mass is 35.5. The van der Waals surface area contributed by atoms with Gasteiger partial charge in [-0.15, -0.1) is 0 Å². The van der Waals surface area contributed by atoms with Crippen molar-refractivity contribution in [2.45, 2.75) is 38.9 Å². The fourth-order valence-corrected chi connectivity index (χ4v) is 1.97. The van der Waals surface area contributed by atoms with Crippen LogP contribution in [0.2, 0.25) is 5.02 Å². The van der Waals surface area contributed by atoms with E-state index < -0.39 is 12.2 Å². The lowest BCUT2D eigenvalue weighted by Gasteiger charge is -2.22. The molecule has 1 atom stereocenters. The van der Waals surface area contributed by atoms with E-state index in [2.05, 4.69) is 5.32 Å². The zero-order valence-electron chi connectivity index (χ0n) is 10.4.